The molecule has 5 nitrogen and oxygen atoms in total. The van der Waals surface area contributed by atoms with Crippen LogP contribution in [0, 0.1) is 20.6 Å². The van der Waals surface area contributed by atoms with E-state index in [0.29, 0.717) is 9.26 Å². The molecule has 1 amide bonds. The van der Waals surface area contributed by atoms with E-state index in [0.717, 1.165) is 10.0 Å². The molecule has 0 heterocycles. The van der Waals surface area contributed by atoms with Crippen LogP contribution in [0.2, 0.25) is 0 Å². The molecule has 0 radical (unpaired) electrons. The van der Waals surface area contributed by atoms with Crippen LogP contribution in [0.15, 0.2) is 40.9 Å². The molecule has 2 rings (SSSR count). The summed E-state index contributed by atoms with van der Waals surface area (Å²) in [6.07, 6.45) is 0. The lowest BCUT2D eigenvalue weighted by Gasteiger charge is -2.09. The van der Waals surface area contributed by atoms with E-state index in [-0.39, 0.29) is 17.2 Å². The van der Waals surface area contributed by atoms with Crippen molar-refractivity contribution in [1.82, 2.24) is 0 Å². The molecule has 21 heavy (non-hydrogen) atoms. The van der Waals surface area contributed by atoms with Crippen LogP contribution in [-0.2, 0) is 0 Å². The molecule has 0 unspecified atom stereocenters. The lowest BCUT2D eigenvalue weighted by molar-refractivity contribution is -0.384. The van der Waals surface area contributed by atoms with Crippen LogP contribution >= 0.6 is 38.5 Å². The number of nitrogens with zero attached hydrogens (tertiary/aromatic N) is 1. The van der Waals surface area contributed by atoms with Gasteiger partial charge in [0.1, 0.15) is 0 Å². The highest BCUT2D eigenvalue weighted by Crippen LogP contribution is 2.25. The summed E-state index contributed by atoms with van der Waals surface area (Å²) < 4.78 is 1.41. The number of halogens is 2. The zero-order valence-electron chi connectivity index (χ0n) is 10.9. The van der Waals surface area contributed by atoms with E-state index in [1.165, 1.54) is 12.1 Å². The van der Waals surface area contributed by atoms with Crippen molar-refractivity contribution in [3.05, 3.63) is 65.7 Å². The van der Waals surface area contributed by atoms with Gasteiger partial charge < -0.3 is 5.32 Å². The smallest absolute Gasteiger partial charge is 0.270 e. The minimum atomic E-state index is -0.519. The van der Waals surface area contributed by atoms with Crippen molar-refractivity contribution >= 4 is 55.8 Å². The fourth-order valence-electron chi connectivity index (χ4n) is 1.71. The van der Waals surface area contributed by atoms with Gasteiger partial charge in [0, 0.05) is 20.2 Å². The van der Waals surface area contributed by atoms with Crippen molar-refractivity contribution in [2.45, 2.75) is 6.92 Å². The Bertz CT molecular complexity index is 734. The number of nitrogens with one attached hydrogen (secondary N) is 1. The third-order valence-electron chi connectivity index (χ3n) is 2.78. The first-order valence-electron chi connectivity index (χ1n) is 5.90. The fraction of sp³-hybridized carbons (Fsp3) is 0.0714. The van der Waals surface area contributed by atoms with Gasteiger partial charge in [0.25, 0.3) is 11.6 Å². The van der Waals surface area contributed by atoms with Gasteiger partial charge >= 0.3 is 0 Å². The quantitative estimate of drug-likeness (QED) is 0.415. The van der Waals surface area contributed by atoms with Gasteiger partial charge in [-0.05, 0) is 69.2 Å². The molecule has 2 aromatic carbocycles. The van der Waals surface area contributed by atoms with Crippen LogP contribution < -0.4 is 5.32 Å². The molecule has 0 saturated heterocycles. The van der Waals surface area contributed by atoms with Crippen molar-refractivity contribution in [1.29, 1.82) is 0 Å². The molecular formula is C14H10BrIN2O3. The van der Waals surface area contributed by atoms with Crippen molar-refractivity contribution in [3.63, 3.8) is 0 Å². The topological polar surface area (TPSA) is 72.2 Å². The molecule has 0 aromatic heterocycles. The molecule has 0 bridgehead atoms. The van der Waals surface area contributed by atoms with Gasteiger partial charge in [-0.15, -0.1) is 0 Å². The van der Waals surface area contributed by atoms with E-state index in [2.05, 4.69) is 21.2 Å². The standard InChI is InChI=1S/C14H10BrIN2O3/c1-8-2-5-13(11(15)6-8)17-14(19)10-7-9(18(20)21)3-4-12(10)16/h2-7H,1H3,(H,17,19). The van der Waals surface area contributed by atoms with Gasteiger partial charge in [-0.2, -0.15) is 0 Å². The molecule has 108 valence electrons. The van der Waals surface area contributed by atoms with Crippen LogP contribution in [0.25, 0.3) is 0 Å². The number of carbonyl (C=O) groups is 1. The van der Waals surface area contributed by atoms with Crippen LogP contribution in [0.5, 0.6) is 0 Å². The Morgan fingerprint density at radius 2 is 2.00 bits per heavy atom. The van der Waals surface area contributed by atoms with Crippen LogP contribution in [0.3, 0.4) is 0 Å². The van der Waals surface area contributed by atoms with Crippen LogP contribution in [0.1, 0.15) is 15.9 Å². The number of nitro groups is 1. The van der Waals surface area contributed by atoms with Crippen LogP contribution in [-0.4, -0.2) is 10.8 Å². The summed E-state index contributed by atoms with van der Waals surface area (Å²) in [6, 6.07) is 9.74. The van der Waals surface area contributed by atoms with Crippen molar-refractivity contribution in [3.8, 4) is 0 Å². The number of anilines is 1. The number of amides is 1. The molecule has 7 heteroatoms. The van der Waals surface area contributed by atoms with Crippen molar-refractivity contribution in [2.75, 3.05) is 5.32 Å². The van der Waals surface area contributed by atoms with E-state index in [9.17, 15) is 14.9 Å². The highest BCUT2D eigenvalue weighted by atomic mass is 127. The Balaban J connectivity index is 2.32. The van der Waals surface area contributed by atoms with Gasteiger partial charge in [0.05, 0.1) is 16.2 Å². The summed E-state index contributed by atoms with van der Waals surface area (Å²) in [4.78, 5) is 22.6. The minimum Gasteiger partial charge on any atom is -0.321 e. The summed E-state index contributed by atoms with van der Waals surface area (Å²) >= 11 is 5.36. The summed E-state index contributed by atoms with van der Waals surface area (Å²) in [7, 11) is 0. The monoisotopic (exact) mass is 460 g/mol. The molecule has 0 fully saturated rings. The minimum absolute atomic E-state index is 0.108. The second-order valence-electron chi connectivity index (χ2n) is 4.36. The summed E-state index contributed by atoms with van der Waals surface area (Å²) in [5, 5.41) is 13.5. The van der Waals surface area contributed by atoms with Gasteiger partial charge in [-0.3, -0.25) is 14.9 Å². The first-order chi connectivity index (χ1) is 9.88. The third kappa shape index (κ3) is 3.79. The average molecular weight is 461 g/mol. The van der Waals surface area contributed by atoms with Crippen molar-refractivity contribution < 1.29 is 9.72 Å². The number of benzene rings is 2. The first kappa shape index (κ1) is 15.9. The number of aryl methyl sites for hydroxylation is 1. The second-order valence-corrected chi connectivity index (χ2v) is 6.38. The van der Waals surface area contributed by atoms with Gasteiger partial charge in [0.15, 0.2) is 0 Å². The number of non-ortho nitro benzene ring substituents is 1. The molecule has 0 saturated carbocycles. The highest BCUT2D eigenvalue weighted by molar-refractivity contribution is 14.1. The first-order valence-corrected chi connectivity index (χ1v) is 7.77. The number of hydrogen-bond acceptors (Lipinski definition) is 3. The number of rotatable bonds is 3. The summed E-state index contributed by atoms with van der Waals surface area (Å²) in [5.41, 5.74) is 1.85. The van der Waals surface area contributed by atoms with E-state index < -0.39 is 4.92 Å². The van der Waals surface area contributed by atoms with Gasteiger partial charge in [0.2, 0.25) is 0 Å². The predicted octanol–water partition coefficient (Wildman–Crippen LogP) is 4.52. The Morgan fingerprint density at radius 1 is 1.29 bits per heavy atom. The zero-order chi connectivity index (χ0) is 15.6. The van der Waals surface area contributed by atoms with E-state index >= 15 is 0 Å². The lowest BCUT2D eigenvalue weighted by Crippen LogP contribution is -2.14. The molecule has 0 atom stereocenters. The Labute approximate surface area is 143 Å². The Morgan fingerprint density at radius 3 is 2.62 bits per heavy atom. The summed E-state index contributed by atoms with van der Waals surface area (Å²) in [5.74, 6) is -0.382. The van der Waals surface area contributed by atoms with Crippen molar-refractivity contribution in [2.24, 2.45) is 0 Å². The molecule has 0 aliphatic rings. The van der Waals surface area contributed by atoms with E-state index in [1.807, 2.05) is 41.6 Å². The zero-order valence-corrected chi connectivity index (χ0v) is 14.6. The maximum atomic E-state index is 12.3. The fourth-order valence-corrected chi connectivity index (χ4v) is 2.88. The molecule has 2 aromatic rings. The lowest BCUT2D eigenvalue weighted by atomic mass is 10.1. The molecule has 0 aliphatic carbocycles. The van der Waals surface area contributed by atoms with Crippen LogP contribution in [0.4, 0.5) is 11.4 Å². The van der Waals surface area contributed by atoms with Gasteiger partial charge in [-0.25, -0.2) is 0 Å². The number of hydrogen-bond donors (Lipinski definition) is 1. The highest BCUT2D eigenvalue weighted by Gasteiger charge is 2.16. The maximum absolute atomic E-state index is 12.3. The average Bonchev–Trinajstić information content (AvgIpc) is 2.42. The summed E-state index contributed by atoms with van der Waals surface area (Å²) in [6.45, 7) is 1.94. The normalized spacial score (nSPS) is 10.2. The van der Waals surface area contributed by atoms with E-state index in [1.54, 1.807) is 12.1 Å². The SMILES string of the molecule is Cc1ccc(NC(=O)c2cc([N+](=O)[O-])ccc2I)c(Br)c1. The number of nitro benzene ring substituents is 1. The molecule has 1 N–H and O–H groups in total. The molecular weight excluding hydrogens is 451 g/mol. The molecule has 0 spiro atoms. The predicted molar refractivity (Wildman–Crippen MR) is 92.6 cm³/mol. The van der Waals surface area contributed by atoms with Gasteiger partial charge in [-0.1, -0.05) is 6.07 Å². The Kier molecular flexibility index (Phi) is 4.94. The Hall–Kier alpha value is -1.48. The second kappa shape index (κ2) is 6.52. The number of carbonyl (C=O) groups excluding carboxylic acids is 1. The third-order valence-corrected chi connectivity index (χ3v) is 4.37. The maximum Gasteiger partial charge on any atom is 0.270 e. The largest absolute Gasteiger partial charge is 0.321 e. The molecule has 0 aliphatic heterocycles. The van der Waals surface area contributed by atoms with E-state index in [4.69, 9.17) is 0 Å².